The van der Waals surface area contributed by atoms with Crippen LogP contribution >= 0.6 is 0 Å². The van der Waals surface area contributed by atoms with Crippen LogP contribution in [0.25, 0.3) is 21.7 Å². The van der Waals surface area contributed by atoms with Crippen molar-refractivity contribution in [3.63, 3.8) is 0 Å². The Balaban J connectivity index is 1.51. The summed E-state index contributed by atoms with van der Waals surface area (Å²) in [5.74, 6) is 0. The second-order valence-electron chi connectivity index (χ2n) is 12.2. The van der Waals surface area contributed by atoms with Gasteiger partial charge in [0.15, 0.2) is 5.54 Å². The van der Waals surface area contributed by atoms with Crippen LogP contribution in [-0.4, -0.2) is 37.7 Å². The maximum absolute atomic E-state index is 14.0. The number of alkyl halides is 3. The Labute approximate surface area is 251 Å². The molecule has 0 saturated heterocycles. The van der Waals surface area contributed by atoms with E-state index in [1.54, 1.807) is 24.5 Å². The molecule has 6 rings (SSSR count). The lowest BCUT2D eigenvalue weighted by Gasteiger charge is -2.23. The SMILES string of the molecule is CC(C)(C)CNc1c(C#N)cnc2c(C#N)cc(NC(c3cn(C4(C(F)(F)F)CC4)nn3)c3cccc4ccncc34)cc12. The number of anilines is 2. The van der Waals surface area contributed by atoms with E-state index in [0.29, 0.717) is 39.9 Å². The lowest BCUT2D eigenvalue weighted by atomic mass is 9.96. The smallest absolute Gasteiger partial charge is 0.383 e. The van der Waals surface area contributed by atoms with Gasteiger partial charge >= 0.3 is 6.18 Å². The minimum absolute atomic E-state index is 0.0651. The minimum Gasteiger partial charge on any atom is -0.383 e. The molecule has 0 radical (unpaired) electrons. The van der Waals surface area contributed by atoms with Crippen LogP contribution in [0.1, 0.15) is 62.0 Å². The van der Waals surface area contributed by atoms with Crippen LogP contribution in [0.4, 0.5) is 24.5 Å². The quantitative estimate of drug-likeness (QED) is 0.210. The van der Waals surface area contributed by atoms with E-state index in [-0.39, 0.29) is 29.5 Å². The van der Waals surface area contributed by atoms with E-state index in [1.807, 2.05) is 24.3 Å². The van der Waals surface area contributed by atoms with Crippen LogP contribution in [0.2, 0.25) is 0 Å². The van der Waals surface area contributed by atoms with Crippen molar-refractivity contribution in [1.82, 2.24) is 25.0 Å². The number of nitrogens with zero attached hydrogens (tertiary/aromatic N) is 7. The van der Waals surface area contributed by atoms with Gasteiger partial charge in [0.25, 0.3) is 0 Å². The predicted octanol–water partition coefficient (Wildman–Crippen LogP) is 6.83. The Morgan fingerprint density at radius 1 is 1.02 bits per heavy atom. The fraction of sp³-hybridized carbons (Fsp3) is 0.312. The number of halogens is 3. The Kier molecular flexibility index (Phi) is 6.88. The van der Waals surface area contributed by atoms with Crippen LogP contribution < -0.4 is 10.6 Å². The molecule has 1 saturated carbocycles. The summed E-state index contributed by atoms with van der Waals surface area (Å²) in [6.07, 6.45) is 1.55. The van der Waals surface area contributed by atoms with E-state index in [2.05, 4.69) is 63.8 Å². The van der Waals surface area contributed by atoms with Gasteiger partial charge in [0.05, 0.1) is 34.6 Å². The van der Waals surface area contributed by atoms with Crippen molar-refractivity contribution in [2.45, 2.75) is 51.4 Å². The average molecular weight is 596 g/mol. The summed E-state index contributed by atoms with van der Waals surface area (Å²) >= 11 is 0. The molecular weight excluding hydrogens is 567 g/mol. The molecule has 44 heavy (non-hydrogen) atoms. The molecule has 9 nitrogen and oxygen atoms in total. The lowest BCUT2D eigenvalue weighted by molar-refractivity contribution is -0.182. The van der Waals surface area contributed by atoms with E-state index in [0.717, 1.165) is 15.5 Å². The largest absolute Gasteiger partial charge is 0.413 e. The number of nitrogens with one attached hydrogen (secondary N) is 2. The molecule has 3 aromatic heterocycles. The first-order chi connectivity index (χ1) is 20.9. The molecule has 1 aliphatic carbocycles. The monoisotopic (exact) mass is 595 g/mol. The lowest BCUT2D eigenvalue weighted by Crippen LogP contribution is -2.35. The van der Waals surface area contributed by atoms with E-state index in [1.165, 1.54) is 12.4 Å². The Morgan fingerprint density at radius 3 is 2.48 bits per heavy atom. The van der Waals surface area contributed by atoms with Crippen molar-refractivity contribution >= 4 is 33.1 Å². The molecule has 1 unspecified atom stereocenters. The maximum Gasteiger partial charge on any atom is 0.413 e. The molecule has 1 aliphatic rings. The first-order valence-corrected chi connectivity index (χ1v) is 14.0. The number of fused-ring (bicyclic) bond motifs is 2. The van der Waals surface area contributed by atoms with Gasteiger partial charge in [-0.2, -0.15) is 23.7 Å². The normalized spacial score (nSPS) is 15.0. The van der Waals surface area contributed by atoms with Gasteiger partial charge in [-0.1, -0.05) is 44.2 Å². The molecule has 0 amide bonds. The van der Waals surface area contributed by atoms with Crippen LogP contribution in [-0.2, 0) is 5.54 Å². The first-order valence-electron chi connectivity index (χ1n) is 14.0. The molecule has 3 heterocycles. The van der Waals surface area contributed by atoms with Gasteiger partial charge in [-0.3, -0.25) is 9.97 Å². The van der Waals surface area contributed by atoms with E-state index in [9.17, 15) is 23.7 Å². The van der Waals surface area contributed by atoms with Gasteiger partial charge in [0.1, 0.15) is 17.8 Å². The summed E-state index contributed by atoms with van der Waals surface area (Å²) in [6, 6.07) is 14.5. The summed E-state index contributed by atoms with van der Waals surface area (Å²) in [5.41, 5.74) is 0.864. The fourth-order valence-electron chi connectivity index (χ4n) is 5.35. The van der Waals surface area contributed by atoms with Crippen LogP contribution in [0.15, 0.2) is 61.2 Å². The number of aromatic nitrogens is 5. The highest BCUT2D eigenvalue weighted by Crippen LogP contribution is 2.55. The molecule has 1 fully saturated rings. The van der Waals surface area contributed by atoms with Crippen molar-refractivity contribution in [3.8, 4) is 12.1 Å². The van der Waals surface area contributed by atoms with Gasteiger partial charge in [0.2, 0.25) is 0 Å². The predicted molar refractivity (Wildman–Crippen MR) is 160 cm³/mol. The summed E-state index contributed by atoms with van der Waals surface area (Å²) in [4.78, 5) is 8.69. The third-order valence-corrected chi connectivity index (χ3v) is 7.84. The molecule has 12 heteroatoms. The highest BCUT2D eigenvalue weighted by molar-refractivity contribution is 5.99. The van der Waals surface area contributed by atoms with Crippen LogP contribution in [0.5, 0.6) is 0 Å². The van der Waals surface area contributed by atoms with E-state index < -0.39 is 17.8 Å². The summed E-state index contributed by atoms with van der Waals surface area (Å²) < 4.78 is 42.8. The number of hydrogen-bond acceptors (Lipinski definition) is 8. The zero-order valence-corrected chi connectivity index (χ0v) is 24.2. The maximum atomic E-state index is 14.0. The standard InChI is InChI=1S/C32H28F3N9/c1-30(2,3)18-40-28-21(14-37)15-39-27-20(13-36)11-22(12-24(27)28)41-29(23-6-4-5-19-7-10-38-16-25(19)23)26-17-44(43-42-26)31(8-9-31)32(33,34)35/h4-7,10-12,15-17,29,41H,8-9,18H2,1-3H3,(H,39,40). The third-order valence-electron chi connectivity index (χ3n) is 7.84. The molecule has 0 spiro atoms. The highest BCUT2D eigenvalue weighted by atomic mass is 19.4. The molecule has 1 atom stereocenters. The van der Waals surface area contributed by atoms with Crippen LogP contribution in [0.3, 0.4) is 0 Å². The number of benzene rings is 2. The van der Waals surface area contributed by atoms with Gasteiger partial charge in [-0.05, 0) is 47.4 Å². The zero-order chi connectivity index (χ0) is 31.3. The zero-order valence-electron chi connectivity index (χ0n) is 24.2. The van der Waals surface area contributed by atoms with Crippen LogP contribution in [0, 0.1) is 28.1 Å². The number of pyridine rings is 2. The first kappa shape index (κ1) is 28.9. The summed E-state index contributed by atoms with van der Waals surface area (Å²) in [5, 5.41) is 37.1. The Bertz CT molecular complexity index is 1970. The van der Waals surface area contributed by atoms with E-state index >= 15 is 0 Å². The number of hydrogen-bond donors (Lipinski definition) is 2. The summed E-state index contributed by atoms with van der Waals surface area (Å²) in [6.45, 7) is 6.73. The van der Waals surface area contributed by atoms with Crippen molar-refractivity contribution in [1.29, 1.82) is 10.5 Å². The van der Waals surface area contributed by atoms with E-state index in [4.69, 9.17) is 0 Å². The fourth-order valence-corrected chi connectivity index (χ4v) is 5.35. The summed E-state index contributed by atoms with van der Waals surface area (Å²) in [7, 11) is 0. The minimum atomic E-state index is -4.47. The molecule has 0 aliphatic heterocycles. The van der Waals surface area contributed by atoms with Crippen molar-refractivity contribution in [2.75, 3.05) is 17.2 Å². The van der Waals surface area contributed by atoms with Gasteiger partial charge in [-0.15, -0.1) is 5.10 Å². The van der Waals surface area contributed by atoms with Crippen molar-refractivity contribution < 1.29 is 13.2 Å². The second kappa shape index (κ2) is 10.5. The van der Waals surface area contributed by atoms with Crippen molar-refractivity contribution in [2.24, 2.45) is 5.41 Å². The molecule has 2 aromatic carbocycles. The molecule has 2 N–H and O–H groups in total. The highest BCUT2D eigenvalue weighted by Gasteiger charge is 2.66. The Hall–Kier alpha value is -5.23. The molecule has 5 aromatic rings. The molecular formula is C32H28F3N9. The van der Waals surface area contributed by atoms with Crippen molar-refractivity contribution in [3.05, 3.63) is 83.6 Å². The van der Waals surface area contributed by atoms with Gasteiger partial charge < -0.3 is 10.6 Å². The average Bonchev–Trinajstić information content (AvgIpc) is 3.68. The number of rotatable bonds is 7. The third kappa shape index (κ3) is 5.13. The van der Waals surface area contributed by atoms with Gasteiger partial charge in [0, 0.05) is 41.6 Å². The second-order valence-corrected chi connectivity index (χ2v) is 12.2. The Morgan fingerprint density at radius 2 is 1.80 bits per heavy atom. The van der Waals surface area contributed by atoms with Gasteiger partial charge in [-0.25, -0.2) is 4.68 Å². The topological polar surface area (TPSA) is 128 Å². The number of nitriles is 2. The molecule has 222 valence electrons. The molecule has 0 bridgehead atoms.